The summed E-state index contributed by atoms with van der Waals surface area (Å²) in [7, 11) is 0. The topological polar surface area (TPSA) is 111 Å². The van der Waals surface area contributed by atoms with Gasteiger partial charge in [-0.3, -0.25) is 19.7 Å². The summed E-state index contributed by atoms with van der Waals surface area (Å²) in [6.45, 7) is 1.94. The summed E-state index contributed by atoms with van der Waals surface area (Å²) in [6, 6.07) is 13.3. The number of carbonyl (C=O) groups is 2. The average Bonchev–Trinajstić information content (AvgIpc) is 3.49. The van der Waals surface area contributed by atoms with E-state index in [1.54, 1.807) is 24.3 Å². The zero-order chi connectivity index (χ0) is 21.4. The first-order chi connectivity index (χ1) is 15.0. The first-order valence-electron chi connectivity index (χ1n) is 10.0. The highest BCUT2D eigenvalue weighted by Gasteiger charge is 2.72. The van der Waals surface area contributed by atoms with Gasteiger partial charge in [0.2, 0.25) is 11.8 Å². The van der Waals surface area contributed by atoms with E-state index < -0.39 is 35.1 Å². The lowest BCUT2D eigenvalue weighted by atomic mass is 9.71. The van der Waals surface area contributed by atoms with Crippen LogP contribution in [0.25, 0.3) is 0 Å². The fourth-order valence-electron chi connectivity index (χ4n) is 5.30. The quantitative estimate of drug-likeness (QED) is 0.428. The third kappa shape index (κ3) is 2.37. The Balaban J connectivity index is 1.32. The van der Waals surface area contributed by atoms with E-state index >= 15 is 0 Å². The Morgan fingerprint density at radius 2 is 1.55 bits per heavy atom. The van der Waals surface area contributed by atoms with E-state index in [0.717, 1.165) is 5.56 Å². The number of oxime groups is 1. The minimum atomic E-state index is -0.593. The number of benzene rings is 2. The summed E-state index contributed by atoms with van der Waals surface area (Å²) in [6.07, 6.45) is -1.53. The Kier molecular flexibility index (Phi) is 3.64. The van der Waals surface area contributed by atoms with Crippen molar-refractivity contribution >= 4 is 28.9 Å². The summed E-state index contributed by atoms with van der Waals surface area (Å²) in [5.74, 6) is -2.02. The molecular formula is C22H17N3O6. The number of fused-ring (bicyclic) bond motifs is 8. The smallest absolute Gasteiger partial charge is 0.269 e. The molecule has 6 atom stereocenters. The van der Waals surface area contributed by atoms with Crippen LogP contribution in [0.1, 0.15) is 11.1 Å². The second kappa shape index (κ2) is 6.21. The lowest BCUT2D eigenvalue weighted by Crippen LogP contribution is -2.45. The second-order valence-electron chi connectivity index (χ2n) is 8.34. The van der Waals surface area contributed by atoms with Gasteiger partial charge in [-0.25, -0.2) is 4.90 Å². The molecule has 0 unspecified atom stereocenters. The van der Waals surface area contributed by atoms with Crippen molar-refractivity contribution in [2.45, 2.75) is 25.2 Å². The van der Waals surface area contributed by atoms with Gasteiger partial charge in [-0.1, -0.05) is 22.9 Å². The molecule has 0 aromatic heterocycles. The van der Waals surface area contributed by atoms with E-state index in [-0.39, 0.29) is 23.4 Å². The van der Waals surface area contributed by atoms with Crippen molar-refractivity contribution in [3.05, 3.63) is 69.8 Å². The third-order valence-electron chi connectivity index (χ3n) is 6.71. The molecule has 0 N–H and O–H groups in total. The molecule has 0 saturated carbocycles. The van der Waals surface area contributed by atoms with Crippen LogP contribution in [0.3, 0.4) is 0 Å². The molecule has 2 amide bonds. The minimum absolute atomic E-state index is 0.0191. The van der Waals surface area contributed by atoms with Crippen molar-refractivity contribution in [3.63, 3.8) is 0 Å². The Morgan fingerprint density at radius 1 is 0.903 bits per heavy atom. The molecule has 0 radical (unpaired) electrons. The summed E-state index contributed by atoms with van der Waals surface area (Å²) in [5.41, 5.74) is 2.86. The Hall–Kier alpha value is -3.59. The fourth-order valence-corrected chi connectivity index (χ4v) is 5.30. The lowest BCUT2D eigenvalue weighted by molar-refractivity contribution is -0.384. The van der Waals surface area contributed by atoms with Gasteiger partial charge in [0.15, 0.2) is 6.10 Å². The highest BCUT2D eigenvalue weighted by Crippen LogP contribution is 2.55. The molecule has 4 aliphatic heterocycles. The van der Waals surface area contributed by atoms with Gasteiger partial charge in [0.25, 0.3) is 5.69 Å². The van der Waals surface area contributed by atoms with Crippen molar-refractivity contribution in [1.82, 2.24) is 0 Å². The maximum Gasteiger partial charge on any atom is 0.269 e. The number of imide groups is 1. The van der Waals surface area contributed by atoms with Crippen LogP contribution in [0.2, 0.25) is 0 Å². The molecule has 4 heterocycles. The number of nitro benzene ring substituents is 1. The standard InChI is InChI=1S/C22H17N3O6/c1-10-2-6-12(7-3-10)24-21(26)14-15(22(24)27)19-20-16(18(14)30-19)17(23-31-20)11-4-8-13(9-5-11)25(28)29/h2-9,14-16,18-20H,1H3/t14-,15+,16+,18-,19-,20-/m1/s1. The van der Waals surface area contributed by atoms with Gasteiger partial charge >= 0.3 is 0 Å². The first-order valence-corrected chi connectivity index (χ1v) is 10.0. The van der Waals surface area contributed by atoms with Gasteiger partial charge < -0.3 is 9.57 Å². The molecule has 9 heteroatoms. The van der Waals surface area contributed by atoms with Crippen LogP contribution in [0.4, 0.5) is 11.4 Å². The van der Waals surface area contributed by atoms with Gasteiger partial charge in [-0.2, -0.15) is 0 Å². The SMILES string of the molecule is Cc1ccc(N2C(=O)[C@@H]3[C@H]4O[C@@H]([C@@H]5C(c6ccc([N+](=O)[O-])cc6)=NO[C@@H]45)[C@@H]3C2=O)cc1. The molecule has 2 aromatic rings. The molecule has 9 nitrogen and oxygen atoms in total. The van der Waals surface area contributed by atoms with Crippen molar-refractivity contribution in [1.29, 1.82) is 0 Å². The highest BCUT2D eigenvalue weighted by atomic mass is 16.7. The van der Waals surface area contributed by atoms with E-state index in [1.807, 2.05) is 19.1 Å². The van der Waals surface area contributed by atoms with E-state index in [9.17, 15) is 19.7 Å². The van der Waals surface area contributed by atoms with Crippen molar-refractivity contribution in [3.8, 4) is 0 Å². The summed E-state index contributed by atoms with van der Waals surface area (Å²) in [4.78, 5) is 43.9. The van der Waals surface area contributed by atoms with Crippen LogP contribution in [-0.2, 0) is 19.2 Å². The predicted molar refractivity (Wildman–Crippen MR) is 107 cm³/mol. The largest absolute Gasteiger partial charge is 0.389 e. The number of nitro groups is 1. The van der Waals surface area contributed by atoms with Crippen molar-refractivity contribution < 1.29 is 24.1 Å². The molecule has 2 bridgehead atoms. The van der Waals surface area contributed by atoms with Gasteiger partial charge in [0.1, 0.15) is 6.10 Å². The van der Waals surface area contributed by atoms with Gasteiger partial charge in [0.05, 0.1) is 40.2 Å². The van der Waals surface area contributed by atoms with Crippen LogP contribution < -0.4 is 4.90 Å². The van der Waals surface area contributed by atoms with Gasteiger partial charge in [-0.15, -0.1) is 0 Å². The van der Waals surface area contributed by atoms with E-state index in [4.69, 9.17) is 9.57 Å². The Labute approximate surface area is 176 Å². The monoisotopic (exact) mass is 419 g/mol. The molecule has 31 heavy (non-hydrogen) atoms. The Morgan fingerprint density at radius 3 is 2.19 bits per heavy atom. The number of rotatable bonds is 3. The molecule has 156 valence electrons. The number of ether oxygens (including phenoxy) is 1. The number of hydrogen-bond acceptors (Lipinski definition) is 7. The number of anilines is 1. The Bertz CT molecular complexity index is 1160. The maximum absolute atomic E-state index is 13.3. The van der Waals surface area contributed by atoms with Crippen LogP contribution in [0.15, 0.2) is 53.7 Å². The number of nitrogens with zero attached hydrogens (tertiary/aromatic N) is 3. The molecule has 6 rings (SSSR count). The second-order valence-corrected chi connectivity index (χ2v) is 8.34. The number of aryl methyl sites for hydroxylation is 1. The zero-order valence-corrected chi connectivity index (χ0v) is 16.4. The first kappa shape index (κ1) is 18.2. The van der Waals surface area contributed by atoms with Crippen molar-refractivity contribution in [2.75, 3.05) is 4.90 Å². The van der Waals surface area contributed by atoms with Gasteiger partial charge in [0, 0.05) is 17.7 Å². The molecule has 0 spiro atoms. The normalized spacial score (nSPS) is 32.7. The van der Waals surface area contributed by atoms with E-state index in [2.05, 4.69) is 5.16 Å². The van der Waals surface area contributed by atoms with E-state index in [0.29, 0.717) is 17.0 Å². The zero-order valence-electron chi connectivity index (χ0n) is 16.4. The molecule has 3 fully saturated rings. The molecular weight excluding hydrogens is 402 g/mol. The number of hydrogen-bond donors (Lipinski definition) is 0. The van der Waals surface area contributed by atoms with Crippen LogP contribution >= 0.6 is 0 Å². The average molecular weight is 419 g/mol. The summed E-state index contributed by atoms with van der Waals surface area (Å²) < 4.78 is 6.08. The third-order valence-corrected chi connectivity index (χ3v) is 6.71. The van der Waals surface area contributed by atoms with Crippen LogP contribution in [0, 0.1) is 34.8 Å². The molecule has 4 aliphatic rings. The number of carbonyl (C=O) groups excluding carboxylic acids is 2. The van der Waals surface area contributed by atoms with Gasteiger partial charge in [-0.05, 0) is 31.2 Å². The summed E-state index contributed by atoms with van der Waals surface area (Å²) >= 11 is 0. The number of amides is 2. The fraction of sp³-hybridized carbons (Fsp3) is 0.318. The molecule has 3 saturated heterocycles. The highest BCUT2D eigenvalue weighted by molar-refractivity contribution is 6.23. The van der Waals surface area contributed by atoms with Crippen molar-refractivity contribution in [2.24, 2.45) is 22.9 Å². The van der Waals surface area contributed by atoms with Crippen LogP contribution in [0.5, 0.6) is 0 Å². The van der Waals surface area contributed by atoms with E-state index in [1.165, 1.54) is 17.0 Å². The minimum Gasteiger partial charge on any atom is -0.389 e. The van der Waals surface area contributed by atoms with Crippen LogP contribution in [-0.4, -0.2) is 40.8 Å². The lowest BCUT2D eigenvalue weighted by Gasteiger charge is -2.26. The molecule has 2 aromatic carbocycles. The number of non-ortho nitro benzene ring substituents is 1. The predicted octanol–water partition coefficient (Wildman–Crippen LogP) is 2.21. The molecule has 0 aliphatic carbocycles. The summed E-state index contributed by atoms with van der Waals surface area (Å²) in [5, 5.41) is 15.1. The maximum atomic E-state index is 13.3.